The van der Waals surface area contributed by atoms with Crippen molar-refractivity contribution in [3.05, 3.63) is 75.5 Å². The van der Waals surface area contributed by atoms with Crippen molar-refractivity contribution >= 4 is 34.4 Å². The smallest absolute Gasteiger partial charge is 0.142 e. The zero-order valence-corrected chi connectivity index (χ0v) is 16.5. The van der Waals surface area contributed by atoms with Crippen LogP contribution in [-0.4, -0.2) is 5.16 Å². The van der Waals surface area contributed by atoms with E-state index in [0.29, 0.717) is 16.8 Å². The average Bonchev–Trinajstić information content (AvgIpc) is 3.38. The molecule has 1 aromatic heterocycles. The molecule has 0 atom stereocenters. The van der Waals surface area contributed by atoms with Crippen molar-refractivity contribution in [2.24, 2.45) is 10.9 Å². The minimum atomic E-state index is -0.668. The Morgan fingerprint density at radius 1 is 0.964 bits per heavy atom. The van der Waals surface area contributed by atoms with Crippen LogP contribution >= 0.6 is 23.6 Å². The van der Waals surface area contributed by atoms with Gasteiger partial charge < -0.3 is 0 Å². The summed E-state index contributed by atoms with van der Waals surface area (Å²) in [6.07, 6.45) is 3.67. The van der Waals surface area contributed by atoms with Crippen LogP contribution in [0.3, 0.4) is 0 Å². The Morgan fingerprint density at radius 2 is 1.68 bits per heavy atom. The summed E-state index contributed by atoms with van der Waals surface area (Å²) in [6, 6.07) is 13.5. The van der Waals surface area contributed by atoms with Gasteiger partial charge in [-0.25, -0.2) is 8.78 Å². The highest BCUT2D eigenvalue weighted by molar-refractivity contribution is 7.78. The van der Waals surface area contributed by atoms with Crippen LogP contribution in [0.25, 0.3) is 11.1 Å². The lowest BCUT2D eigenvalue weighted by Crippen LogP contribution is -1.92. The zero-order valence-electron chi connectivity index (χ0n) is 14.8. The minimum Gasteiger partial charge on any atom is -0.205 e. The maximum absolute atomic E-state index is 14.5. The highest BCUT2D eigenvalue weighted by Crippen LogP contribution is 2.34. The number of aliphatic imine (C=N–C) groups is 1. The zero-order chi connectivity index (χ0) is 19.5. The summed E-state index contributed by atoms with van der Waals surface area (Å²) in [5.41, 5.74) is 1.56. The summed E-state index contributed by atoms with van der Waals surface area (Å²) in [6.45, 7) is 0. The number of thiophene rings is 1. The molecular formula is C23H15F2NS2. The van der Waals surface area contributed by atoms with E-state index in [4.69, 9.17) is 0 Å². The van der Waals surface area contributed by atoms with Crippen molar-refractivity contribution in [2.45, 2.75) is 19.3 Å². The van der Waals surface area contributed by atoms with Crippen molar-refractivity contribution in [1.82, 2.24) is 0 Å². The van der Waals surface area contributed by atoms with E-state index in [0.717, 1.165) is 17.2 Å². The van der Waals surface area contributed by atoms with Crippen molar-refractivity contribution < 1.29 is 8.78 Å². The number of hydrogen-bond donors (Lipinski definition) is 0. The van der Waals surface area contributed by atoms with Crippen LogP contribution in [0.15, 0.2) is 53.5 Å². The molecule has 0 spiro atoms. The molecule has 0 N–H and O–H groups in total. The molecular weight excluding hydrogens is 392 g/mol. The Kier molecular flexibility index (Phi) is 5.45. The fourth-order valence-corrected chi connectivity index (χ4v) is 4.01. The Balaban J connectivity index is 1.57. The third kappa shape index (κ3) is 4.43. The van der Waals surface area contributed by atoms with Crippen LogP contribution in [0.1, 0.15) is 28.2 Å². The van der Waals surface area contributed by atoms with Crippen molar-refractivity contribution in [3.63, 3.8) is 0 Å². The molecule has 3 aromatic rings. The molecule has 2 aromatic carbocycles. The molecule has 1 aliphatic carbocycles. The van der Waals surface area contributed by atoms with Gasteiger partial charge in [-0.05, 0) is 84.9 Å². The van der Waals surface area contributed by atoms with Gasteiger partial charge in [-0.3, -0.25) is 0 Å². The second-order valence-corrected chi connectivity index (χ2v) is 8.08. The Morgan fingerprint density at radius 3 is 2.32 bits per heavy atom. The van der Waals surface area contributed by atoms with E-state index in [9.17, 15) is 8.78 Å². The topological polar surface area (TPSA) is 12.4 Å². The number of rotatable bonds is 4. The van der Waals surface area contributed by atoms with Crippen molar-refractivity contribution in [1.29, 1.82) is 0 Å². The second kappa shape index (κ2) is 8.16. The summed E-state index contributed by atoms with van der Waals surface area (Å²) < 4.78 is 29.0. The van der Waals surface area contributed by atoms with Crippen LogP contribution < -0.4 is 0 Å². The monoisotopic (exact) mass is 407 g/mol. The fourth-order valence-electron chi connectivity index (χ4n) is 2.93. The first-order valence-electron chi connectivity index (χ1n) is 8.90. The standard InChI is InChI=1S/C23H15F2NS2/c24-22-12-17(16-3-5-18(6-4-16)26-14-27)13-23(25)21(22)10-9-19-7-8-20(28-19)11-15-1-2-15/h3-8,12-13,15H,1-2,11H2. The first kappa shape index (κ1) is 18.7. The van der Waals surface area contributed by atoms with Gasteiger partial charge in [0.15, 0.2) is 0 Å². The fraction of sp³-hybridized carbons (Fsp3) is 0.174. The highest BCUT2D eigenvalue weighted by Gasteiger charge is 2.22. The maximum atomic E-state index is 14.5. The van der Waals surface area contributed by atoms with E-state index >= 15 is 0 Å². The molecule has 0 unspecified atom stereocenters. The summed E-state index contributed by atoms with van der Waals surface area (Å²) in [5.74, 6) is 5.02. The van der Waals surface area contributed by atoms with Gasteiger partial charge in [0.2, 0.25) is 0 Å². The van der Waals surface area contributed by atoms with Crippen LogP contribution in [-0.2, 0) is 6.42 Å². The number of thiocarbonyl (C=S) groups is 1. The van der Waals surface area contributed by atoms with Crippen LogP contribution in [0, 0.1) is 29.4 Å². The van der Waals surface area contributed by atoms with Gasteiger partial charge in [-0.15, -0.1) is 11.3 Å². The number of nitrogens with zero attached hydrogens (tertiary/aromatic N) is 1. The van der Waals surface area contributed by atoms with Crippen LogP contribution in [0.5, 0.6) is 0 Å². The third-order valence-corrected chi connectivity index (χ3v) is 5.69. The highest BCUT2D eigenvalue weighted by atomic mass is 32.1. The minimum absolute atomic E-state index is 0.206. The van der Waals surface area contributed by atoms with E-state index < -0.39 is 11.6 Å². The predicted molar refractivity (Wildman–Crippen MR) is 113 cm³/mol. The lowest BCUT2D eigenvalue weighted by atomic mass is 10.0. The Bertz CT molecular complexity index is 1100. The average molecular weight is 408 g/mol. The summed E-state index contributed by atoms with van der Waals surface area (Å²) in [4.78, 5) is 5.97. The predicted octanol–water partition coefficient (Wildman–Crippen LogP) is 6.78. The molecule has 0 bridgehead atoms. The van der Waals surface area contributed by atoms with Crippen LogP contribution in [0.2, 0.25) is 0 Å². The van der Waals surface area contributed by atoms with Crippen molar-refractivity contribution in [3.8, 4) is 23.0 Å². The number of hydrogen-bond acceptors (Lipinski definition) is 3. The maximum Gasteiger partial charge on any atom is 0.142 e. The quantitative estimate of drug-likeness (QED) is 0.264. The van der Waals surface area contributed by atoms with Gasteiger partial charge in [-0.2, -0.15) is 4.99 Å². The Labute approximate surface area is 171 Å². The summed E-state index contributed by atoms with van der Waals surface area (Å²) in [7, 11) is 0. The number of halogens is 2. The largest absolute Gasteiger partial charge is 0.205 e. The third-order valence-electron chi connectivity index (χ3n) is 4.58. The molecule has 4 rings (SSSR count). The first-order valence-corrected chi connectivity index (χ1v) is 10.1. The second-order valence-electron chi connectivity index (χ2n) is 6.73. The van der Waals surface area contributed by atoms with Gasteiger partial charge >= 0.3 is 0 Å². The van der Waals surface area contributed by atoms with Gasteiger partial charge in [-0.1, -0.05) is 24.0 Å². The first-order chi connectivity index (χ1) is 13.6. The van der Waals surface area contributed by atoms with Crippen molar-refractivity contribution in [2.75, 3.05) is 0 Å². The molecule has 138 valence electrons. The lowest BCUT2D eigenvalue weighted by molar-refractivity contribution is 0.578. The Hall–Kier alpha value is -2.64. The van der Waals surface area contributed by atoms with Gasteiger partial charge in [0, 0.05) is 4.88 Å². The number of isothiocyanates is 1. The summed E-state index contributed by atoms with van der Waals surface area (Å²) in [5, 5.41) is 2.28. The lowest BCUT2D eigenvalue weighted by Gasteiger charge is -2.05. The molecule has 0 radical (unpaired) electrons. The molecule has 1 nitrogen and oxygen atoms in total. The van der Waals surface area contributed by atoms with E-state index in [1.807, 2.05) is 6.07 Å². The van der Waals surface area contributed by atoms with E-state index in [2.05, 4.69) is 40.3 Å². The SMILES string of the molecule is Fc1cc(-c2ccc(N=C=S)cc2)cc(F)c1C#Cc1ccc(CC2CC2)s1. The molecule has 5 heteroatoms. The molecule has 1 fully saturated rings. The summed E-state index contributed by atoms with van der Waals surface area (Å²) >= 11 is 6.16. The van der Waals surface area contributed by atoms with E-state index in [1.54, 1.807) is 35.6 Å². The van der Waals surface area contributed by atoms with Gasteiger partial charge in [0.25, 0.3) is 0 Å². The normalized spacial score (nSPS) is 12.8. The van der Waals surface area contributed by atoms with Crippen LogP contribution in [0.4, 0.5) is 14.5 Å². The molecule has 1 saturated carbocycles. The van der Waals surface area contributed by atoms with Gasteiger partial charge in [0.05, 0.1) is 21.3 Å². The molecule has 0 amide bonds. The molecule has 28 heavy (non-hydrogen) atoms. The molecule has 0 aliphatic heterocycles. The molecule has 1 heterocycles. The molecule has 1 aliphatic rings. The van der Waals surface area contributed by atoms with E-state index in [-0.39, 0.29) is 5.56 Å². The van der Waals surface area contributed by atoms with Gasteiger partial charge in [0.1, 0.15) is 11.6 Å². The molecule has 0 saturated heterocycles. The number of benzene rings is 2. The van der Waals surface area contributed by atoms with E-state index in [1.165, 1.54) is 29.9 Å².